The van der Waals surface area contributed by atoms with Gasteiger partial charge in [0.05, 0.1) is 0 Å². The van der Waals surface area contributed by atoms with Crippen LogP contribution in [0.4, 0.5) is 5.69 Å². The molecule has 1 aromatic rings. The normalized spacial score (nSPS) is 15.8. The van der Waals surface area contributed by atoms with Crippen LogP contribution in [0.25, 0.3) is 0 Å². The molecule has 0 radical (unpaired) electrons. The number of nitrogens with zero attached hydrogens (tertiary/aromatic N) is 1. The molecule has 0 saturated heterocycles. The molecule has 2 rings (SSSR count). The van der Waals surface area contributed by atoms with Crippen molar-refractivity contribution in [2.45, 2.75) is 45.6 Å². The van der Waals surface area contributed by atoms with Crippen LogP contribution in [-0.2, 0) is 6.42 Å². The van der Waals surface area contributed by atoms with Gasteiger partial charge in [-0.2, -0.15) is 0 Å². The van der Waals surface area contributed by atoms with E-state index in [9.17, 15) is 0 Å². The van der Waals surface area contributed by atoms with Gasteiger partial charge >= 0.3 is 0 Å². The topological polar surface area (TPSA) is 15.3 Å². The number of para-hydroxylation sites is 1. The van der Waals surface area contributed by atoms with Crippen molar-refractivity contribution in [2.75, 3.05) is 24.5 Å². The molecule has 0 saturated carbocycles. The van der Waals surface area contributed by atoms with Crippen LogP contribution in [0.3, 0.4) is 0 Å². The Bertz CT molecular complexity index is 362. The molecule has 2 nitrogen and oxygen atoms in total. The van der Waals surface area contributed by atoms with Gasteiger partial charge in [-0.05, 0) is 44.4 Å². The third-order valence-electron chi connectivity index (χ3n) is 3.80. The summed E-state index contributed by atoms with van der Waals surface area (Å²) < 4.78 is 0. The fourth-order valence-corrected chi connectivity index (χ4v) is 2.79. The van der Waals surface area contributed by atoms with Crippen molar-refractivity contribution in [3.8, 4) is 0 Å². The van der Waals surface area contributed by atoms with Gasteiger partial charge in [0.15, 0.2) is 0 Å². The Kier molecular flexibility index (Phi) is 5.06. The Morgan fingerprint density at radius 1 is 1.33 bits per heavy atom. The summed E-state index contributed by atoms with van der Waals surface area (Å²) in [5.74, 6) is 0. The molecule has 0 aliphatic carbocycles. The van der Waals surface area contributed by atoms with E-state index in [1.807, 2.05) is 0 Å². The first-order chi connectivity index (χ1) is 8.81. The van der Waals surface area contributed by atoms with Crippen LogP contribution in [0.5, 0.6) is 0 Å². The Labute approximate surface area is 111 Å². The zero-order valence-corrected chi connectivity index (χ0v) is 11.8. The first-order valence-electron chi connectivity index (χ1n) is 7.37. The average molecular weight is 246 g/mol. The van der Waals surface area contributed by atoms with Gasteiger partial charge in [0.1, 0.15) is 0 Å². The maximum atomic E-state index is 3.60. The van der Waals surface area contributed by atoms with E-state index < -0.39 is 0 Å². The maximum absolute atomic E-state index is 3.60. The molecule has 18 heavy (non-hydrogen) atoms. The summed E-state index contributed by atoms with van der Waals surface area (Å²) in [4.78, 5) is 2.53. The average Bonchev–Trinajstić information content (AvgIpc) is 2.78. The Balaban J connectivity index is 1.69. The van der Waals surface area contributed by atoms with Crippen molar-refractivity contribution in [1.82, 2.24) is 5.32 Å². The molecule has 0 bridgehead atoms. The van der Waals surface area contributed by atoms with E-state index >= 15 is 0 Å². The first-order valence-corrected chi connectivity index (χ1v) is 7.37. The van der Waals surface area contributed by atoms with E-state index in [1.54, 1.807) is 0 Å². The van der Waals surface area contributed by atoms with Crippen LogP contribution < -0.4 is 10.2 Å². The van der Waals surface area contributed by atoms with Gasteiger partial charge in [-0.15, -0.1) is 0 Å². The SMILES string of the molecule is CCCC(C)NCCCN1CCc2ccccc21. The van der Waals surface area contributed by atoms with Crippen molar-refractivity contribution in [2.24, 2.45) is 0 Å². The highest BCUT2D eigenvalue weighted by Crippen LogP contribution is 2.27. The molecule has 1 N–H and O–H groups in total. The fraction of sp³-hybridized carbons (Fsp3) is 0.625. The summed E-state index contributed by atoms with van der Waals surface area (Å²) in [6, 6.07) is 9.49. The van der Waals surface area contributed by atoms with Crippen molar-refractivity contribution >= 4 is 5.69 Å². The van der Waals surface area contributed by atoms with Gasteiger partial charge in [-0.1, -0.05) is 31.5 Å². The minimum atomic E-state index is 0.667. The minimum Gasteiger partial charge on any atom is -0.371 e. The molecule has 0 aromatic heterocycles. The number of benzene rings is 1. The second-order valence-electron chi connectivity index (χ2n) is 5.36. The number of hydrogen-bond acceptors (Lipinski definition) is 2. The predicted molar refractivity (Wildman–Crippen MR) is 79.3 cm³/mol. The second-order valence-corrected chi connectivity index (χ2v) is 5.36. The highest BCUT2D eigenvalue weighted by Gasteiger charge is 2.17. The molecule has 1 aromatic carbocycles. The van der Waals surface area contributed by atoms with E-state index in [0.29, 0.717) is 6.04 Å². The van der Waals surface area contributed by atoms with Crippen molar-refractivity contribution in [3.63, 3.8) is 0 Å². The lowest BCUT2D eigenvalue weighted by Crippen LogP contribution is -2.30. The summed E-state index contributed by atoms with van der Waals surface area (Å²) >= 11 is 0. The van der Waals surface area contributed by atoms with E-state index in [-0.39, 0.29) is 0 Å². The maximum Gasteiger partial charge on any atom is 0.0399 e. The Morgan fingerprint density at radius 2 is 2.17 bits per heavy atom. The van der Waals surface area contributed by atoms with E-state index in [4.69, 9.17) is 0 Å². The number of anilines is 1. The van der Waals surface area contributed by atoms with Crippen molar-refractivity contribution < 1.29 is 0 Å². The van der Waals surface area contributed by atoms with Crippen LogP contribution in [0.2, 0.25) is 0 Å². The second kappa shape index (κ2) is 6.79. The summed E-state index contributed by atoms with van der Waals surface area (Å²) in [6.07, 6.45) is 5.01. The van der Waals surface area contributed by atoms with E-state index in [0.717, 1.165) is 6.54 Å². The molecule has 1 unspecified atom stereocenters. The minimum absolute atomic E-state index is 0.667. The predicted octanol–water partition coefficient (Wildman–Crippen LogP) is 3.22. The standard InChI is InChI=1S/C16H26N2/c1-3-7-14(2)17-11-6-12-18-13-10-15-8-4-5-9-16(15)18/h4-5,8-9,14,17H,3,6-7,10-13H2,1-2H3. The molecule has 0 amide bonds. The largest absolute Gasteiger partial charge is 0.371 e. The lowest BCUT2D eigenvalue weighted by Gasteiger charge is -2.20. The highest BCUT2D eigenvalue weighted by atomic mass is 15.1. The molecule has 1 heterocycles. The van der Waals surface area contributed by atoms with Gasteiger partial charge < -0.3 is 10.2 Å². The Hall–Kier alpha value is -1.02. The molecule has 1 atom stereocenters. The lowest BCUT2D eigenvalue weighted by molar-refractivity contribution is 0.501. The Morgan fingerprint density at radius 3 is 3.00 bits per heavy atom. The molecule has 2 heteroatoms. The summed E-state index contributed by atoms with van der Waals surface area (Å²) in [5, 5.41) is 3.60. The fourth-order valence-electron chi connectivity index (χ4n) is 2.79. The van der Waals surface area contributed by atoms with Crippen LogP contribution in [0.1, 0.15) is 38.7 Å². The molecule has 1 aliphatic heterocycles. The smallest absolute Gasteiger partial charge is 0.0399 e. The van der Waals surface area contributed by atoms with Crippen LogP contribution in [0.15, 0.2) is 24.3 Å². The van der Waals surface area contributed by atoms with Crippen molar-refractivity contribution in [1.29, 1.82) is 0 Å². The van der Waals surface area contributed by atoms with Gasteiger partial charge in [0.2, 0.25) is 0 Å². The molecular weight excluding hydrogens is 220 g/mol. The monoisotopic (exact) mass is 246 g/mol. The molecule has 1 aliphatic rings. The zero-order chi connectivity index (χ0) is 12.8. The summed E-state index contributed by atoms with van der Waals surface area (Å²) in [7, 11) is 0. The quantitative estimate of drug-likeness (QED) is 0.743. The van der Waals surface area contributed by atoms with Gasteiger partial charge in [0, 0.05) is 24.8 Å². The molecule has 0 fully saturated rings. The van der Waals surface area contributed by atoms with Gasteiger partial charge in [0.25, 0.3) is 0 Å². The molecular formula is C16H26N2. The van der Waals surface area contributed by atoms with Crippen LogP contribution in [0, 0.1) is 0 Å². The number of fused-ring (bicyclic) bond motifs is 1. The van der Waals surface area contributed by atoms with Crippen LogP contribution in [-0.4, -0.2) is 25.7 Å². The van der Waals surface area contributed by atoms with E-state index in [2.05, 4.69) is 48.3 Å². The summed E-state index contributed by atoms with van der Waals surface area (Å²) in [6.45, 7) is 8.06. The molecule has 0 spiro atoms. The third-order valence-corrected chi connectivity index (χ3v) is 3.80. The molecule has 100 valence electrons. The van der Waals surface area contributed by atoms with Gasteiger partial charge in [-0.25, -0.2) is 0 Å². The first kappa shape index (κ1) is 13.4. The number of rotatable bonds is 7. The van der Waals surface area contributed by atoms with Crippen LogP contribution >= 0.6 is 0 Å². The highest BCUT2D eigenvalue weighted by molar-refractivity contribution is 5.57. The van der Waals surface area contributed by atoms with E-state index in [1.165, 1.54) is 50.0 Å². The lowest BCUT2D eigenvalue weighted by atomic mass is 10.2. The zero-order valence-electron chi connectivity index (χ0n) is 11.8. The van der Waals surface area contributed by atoms with Gasteiger partial charge in [-0.3, -0.25) is 0 Å². The number of hydrogen-bond donors (Lipinski definition) is 1. The van der Waals surface area contributed by atoms with Crippen molar-refractivity contribution in [3.05, 3.63) is 29.8 Å². The third kappa shape index (κ3) is 3.49. The number of nitrogens with one attached hydrogen (secondary N) is 1. The summed E-state index contributed by atoms with van der Waals surface area (Å²) in [5.41, 5.74) is 2.98.